The van der Waals surface area contributed by atoms with E-state index in [1.54, 1.807) is 12.1 Å². The van der Waals surface area contributed by atoms with Crippen LogP contribution < -0.4 is 5.32 Å². The maximum absolute atomic E-state index is 13.8. The summed E-state index contributed by atoms with van der Waals surface area (Å²) in [6.07, 6.45) is 0.827. The largest absolute Gasteiger partial charge is 0.358 e. The van der Waals surface area contributed by atoms with E-state index in [1.165, 1.54) is 0 Å². The maximum Gasteiger partial charge on any atom is 0.258 e. The highest BCUT2D eigenvalue weighted by Crippen LogP contribution is 2.26. The van der Waals surface area contributed by atoms with Crippen LogP contribution >= 0.6 is 0 Å². The molecule has 0 aliphatic carbocycles. The molecule has 3 aromatic rings. The number of rotatable bonds is 5. The topological polar surface area (TPSA) is 48.1 Å². The lowest BCUT2D eigenvalue weighted by Gasteiger charge is -2.10. The summed E-state index contributed by atoms with van der Waals surface area (Å²) >= 11 is 0. The number of halogens is 3. The summed E-state index contributed by atoms with van der Waals surface area (Å²) in [5.74, 6) is -4.56. The number of aromatic nitrogens is 1. The maximum atomic E-state index is 13.8. The molecule has 0 saturated heterocycles. The van der Waals surface area contributed by atoms with Crippen molar-refractivity contribution >= 4 is 22.5 Å². The van der Waals surface area contributed by atoms with Crippen molar-refractivity contribution in [3.05, 3.63) is 64.6 Å². The van der Waals surface area contributed by atoms with Crippen molar-refractivity contribution in [3.8, 4) is 0 Å². The number of amides is 1. The lowest BCUT2D eigenvalue weighted by Crippen LogP contribution is -2.15. The van der Waals surface area contributed by atoms with E-state index in [9.17, 15) is 18.0 Å². The van der Waals surface area contributed by atoms with Gasteiger partial charge < -0.3 is 15.2 Å². The van der Waals surface area contributed by atoms with E-state index < -0.39 is 28.9 Å². The van der Waals surface area contributed by atoms with Crippen LogP contribution in [0.5, 0.6) is 0 Å². The summed E-state index contributed by atoms with van der Waals surface area (Å²) in [4.78, 5) is 17.7. The Morgan fingerprint density at radius 1 is 1.07 bits per heavy atom. The second-order valence-corrected chi connectivity index (χ2v) is 6.74. The molecule has 7 heteroatoms. The zero-order valence-corrected chi connectivity index (χ0v) is 15.3. The quantitative estimate of drug-likeness (QED) is 0.655. The number of likely N-dealkylation sites (N-methyl/N-ethyl adjacent to an activating group) is 1. The molecule has 2 N–H and O–H groups in total. The Labute approximate surface area is 155 Å². The second kappa shape index (κ2) is 7.44. The number of aryl methyl sites for hydroxylation is 1. The molecule has 27 heavy (non-hydrogen) atoms. The summed E-state index contributed by atoms with van der Waals surface area (Å²) in [5.41, 5.74) is 3.00. The molecule has 1 amide bonds. The van der Waals surface area contributed by atoms with Gasteiger partial charge in [-0.3, -0.25) is 4.79 Å². The van der Waals surface area contributed by atoms with Crippen molar-refractivity contribution in [3.63, 3.8) is 0 Å². The van der Waals surface area contributed by atoms with Gasteiger partial charge in [-0.25, -0.2) is 13.2 Å². The highest BCUT2D eigenvalue weighted by atomic mass is 19.2. The number of H-pyrrole nitrogens is 1. The van der Waals surface area contributed by atoms with Crippen LogP contribution in [0.3, 0.4) is 0 Å². The van der Waals surface area contributed by atoms with Crippen molar-refractivity contribution in [2.45, 2.75) is 13.3 Å². The molecule has 0 aliphatic rings. The summed E-state index contributed by atoms with van der Waals surface area (Å²) in [6, 6.07) is 6.20. The van der Waals surface area contributed by atoms with E-state index in [0.29, 0.717) is 17.8 Å². The zero-order valence-electron chi connectivity index (χ0n) is 15.3. The minimum absolute atomic E-state index is 0.363. The predicted octanol–water partition coefficient (Wildman–Crippen LogP) is 4.25. The number of carbonyl (C=O) groups is 1. The van der Waals surface area contributed by atoms with Gasteiger partial charge in [-0.2, -0.15) is 0 Å². The Kier molecular flexibility index (Phi) is 5.23. The summed E-state index contributed by atoms with van der Waals surface area (Å²) in [6.45, 7) is 2.85. The normalized spacial score (nSPS) is 11.4. The van der Waals surface area contributed by atoms with Crippen LogP contribution in [-0.2, 0) is 6.42 Å². The molecule has 0 aliphatic heterocycles. The average Bonchev–Trinajstić information content (AvgIpc) is 2.90. The Morgan fingerprint density at radius 2 is 1.78 bits per heavy atom. The lowest BCUT2D eigenvalue weighted by molar-refractivity contribution is 0.102. The number of nitrogens with zero attached hydrogens (tertiary/aromatic N) is 1. The van der Waals surface area contributed by atoms with Crippen LogP contribution in [0.1, 0.15) is 21.6 Å². The summed E-state index contributed by atoms with van der Waals surface area (Å²) < 4.78 is 40.2. The van der Waals surface area contributed by atoms with E-state index in [2.05, 4.69) is 15.2 Å². The van der Waals surface area contributed by atoms with Gasteiger partial charge in [0.1, 0.15) is 5.82 Å². The number of nitrogens with one attached hydrogen (secondary N) is 2. The molecule has 0 atom stereocenters. The van der Waals surface area contributed by atoms with Gasteiger partial charge in [0.2, 0.25) is 0 Å². The Hall–Kier alpha value is -2.80. The monoisotopic (exact) mass is 375 g/mol. The Morgan fingerprint density at radius 3 is 2.48 bits per heavy atom. The number of hydrogen-bond donors (Lipinski definition) is 2. The lowest BCUT2D eigenvalue weighted by atomic mass is 10.1. The zero-order chi connectivity index (χ0) is 19.7. The standard InChI is InChI=1S/C20H20F3N3O/c1-11-13(6-7-26(2)3)14-8-12(4-5-19(14)24-11)25-20(27)15-9-17(22)18(23)10-16(15)21/h4-5,8-10,24H,6-7H2,1-3H3,(H,25,27). The third kappa shape index (κ3) is 3.98. The predicted molar refractivity (Wildman–Crippen MR) is 99.6 cm³/mol. The first-order chi connectivity index (χ1) is 12.8. The molecule has 1 aromatic heterocycles. The molecular formula is C20H20F3N3O. The fraction of sp³-hybridized carbons (Fsp3) is 0.250. The van der Waals surface area contributed by atoms with Crippen LogP contribution in [0.4, 0.5) is 18.9 Å². The molecule has 142 valence electrons. The molecule has 3 rings (SSSR count). The Bertz CT molecular complexity index is 1010. The number of benzene rings is 2. The average molecular weight is 375 g/mol. The fourth-order valence-electron chi connectivity index (χ4n) is 3.01. The van der Waals surface area contributed by atoms with Gasteiger partial charge in [0, 0.05) is 34.9 Å². The van der Waals surface area contributed by atoms with Gasteiger partial charge in [-0.1, -0.05) is 0 Å². The molecule has 0 bridgehead atoms. The smallest absolute Gasteiger partial charge is 0.258 e. The molecule has 0 unspecified atom stereocenters. The highest BCUT2D eigenvalue weighted by molar-refractivity contribution is 6.05. The van der Waals surface area contributed by atoms with Gasteiger partial charge in [0.15, 0.2) is 11.6 Å². The van der Waals surface area contributed by atoms with Gasteiger partial charge in [0.25, 0.3) is 5.91 Å². The van der Waals surface area contributed by atoms with E-state index in [1.807, 2.05) is 27.1 Å². The second-order valence-electron chi connectivity index (χ2n) is 6.74. The van der Waals surface area contributed by atoms with E-state index in [0.717, 1.165) is 35.1 Å². The first-order valence-electron chi connectivity index (χ1n) is 8.48. The van der Waals surface area contributed by atoms with E-state index in [-0.39, 0.29) is 0 Å². The molecule has 0 fully saturated rings. The van der Waals surface area contributed by atoms with Crippen LogP contribution in [0.25, 0.3) is 10.9 Å². The SMILES string of the molecule is Cc1[nH]c2ccc(NC(=O)c3cc(F)c(F)cc3F)cc2c1CCN(C)C. The minimum Gasteiger partial charge on any atom is -0.358 e. The Balaban J connectivity index is 1.90. The molecule has 0 spiro atoms. The van der Waals surface area contributed by atoms with Gasteiger partial charge in [-0.15, -0.1) is 0 Å². The number of anilines is 1. The molecule has 2 aromatic carbocycles. The minimum atomic E-state index is -1.33. The number of hydrogen-bond acceptors (Lipinski definition) is 2. The van der Waals surface area contributed by atoms with Gasteiger partial charge >= 0.3 is 0 Å². The van der Waals surface area contributed by atoms with Crippen molar-refractivity contribution in [2.75, 3.05) is 26.0 Å². The van der Waals surface area contributed by atoms with Crippen molar-refractivity contribution in [1.82, 2.24) is 9.88 Å². The van der Waals surface area contributed by atoms with E-state index in [4.69, 9.17) is 0 Å². The molecule has 0 saturated carbocycles. The van der Waals surface area contributed by atoms with Gasteiger partial charge in [0.05, 0.1) is 5.56 Å². The number of carbonyl (C=O) groups excluding carboxylic acids is 1. The van der Waals surface area contributed by atoms with Crippen molar-refractivity contribution < 1.29 is 18.0 Å². The molecule has 4 nitrogen and oxygen atoms in total. The van der Waals surface area contributed by atoms with Gasteiger partial charge in [-0.05, 0) is 57.3 Å². The third-order valence-electron chi connectivity index (χ3n) is 4.44. The molecule has 1 heterocycles. The van der Waals surface area contributed by atoms with Crippen molar-refractivity contribution in [2.24, 2.45) is 0 Å². The summed E-state index contributed by atoms with van der Waals surface area (Å²) in [7, 11) is 3.98. The van der Waals surface area contributed by atoms with Crippen molar-refractivity contribution in [1.29, 1.82) is 0 Å². The molecular weight excluding hydrogens is 355 g/mol. The molecule has 0 radical (unpaired) electrons. The first kappa shape index (κ1) is 19.0. The fourth-order valence-corrected chi connectivity index (χ4v) is 3.01. The third-order valence-corrected chi connectivity index (χ3v) is 4.44. The highest BCUT2D eigenvalue weighted by Gasteiger charge is 2.17. The van der Waals surface area contributed by atoms with Crippen LogP contribution in [0.2, 0.25) is 0 Å². The number of fused-ring (bicyclic) bond motifs is 1. The summed E-state index contributed by atoms with van der Waals surface area (Å²) in [5, 5.41) is 3.50. The first-order valence-corrected chi connectivity index (χ1v) is 8.48. The van der Waals surface area contributed by atoms with Crippen LogP contribution in [0.15, 0.2) is 30.3 Å². The van der Waals surface area contributed by atoms with Crippen LogP contribution in [0, 0.1) is 24.4 Å². The van der Waals surface area contributed by atoms with E-state index >= 15 is 0 Å². The number of aromatic amines is 1. The van der Waals surface area contributed by atoms with Crippen LogP contribution in [-0.4, -0.2) is 36.4 Å².